The Morgan fingerprint density at radius 2 is 1.84 bits per heavy atom. The number of ether oxygens (including phenoxy) is 2. The van der Waals surface area contributed by atoms with Crippen molar-refractivity contribution < 1.29 is 19.2 Å². The van der Waals surface area contributed by atoms with Gasteiger partial charge in [-0.1, -0.05) is 12.1 Å². The van der Waals surface area contributed by atoms with E-state index in [4.69, 9.17) is 9.47 Å². The Hall–Kier alpha value is -2.18. The van der Waals surface area contributed by atoms with Crippen LogP contribution in [0.2, 0.25) is 0 Å². The fourth-order valence-electron chi connectivity index (χ4n) is 2.53. The predicted molar refractivity (Wildman–Crippen MR) is 102 cm³/mol. The summed E-state index contributed by atoms with van der Waals surface area (Å²) in [5.41, 5.74) is 1.83. The number of anilines is 1. The van der Waals surface area contributed by atoms with Crippen LogP contribution >= 0.6 is 11.8 Å². The third-order valence-electron chi connectivity index (χ3n) is 3.81. The monoisotopic (exact) mass is 361 g/mol. The Labute approximate surface area is 153 Å². The first-order chi connectivity index (χ1) is 12.0. The van der Waals surface area contributed by atoms with Crippen LogP contribution in [0.4, 0.5) is 5.69 Å². The van der Waals surface area contributed by atoms with Crippen molar-refractivity contribution in [3.05, 3.63) is 48.0 Å². The second kappa shape index (κ2) is 9.34. The number of carbonyl (C=O) groups is 1. The normalized spacial score (nSPS) is 11.7. The van der Waals surface area contributed by atoms with E-state index in [1.807, 2.05) is 7.05 Å². The molecule has 2 rings (SSSR count). The van der Waals surface area contributed by atoms with Crippen molar-refractivity contribution in [3.8, 4) is 11.5 Å². The molecule has 0 saturated heterocycles. The van der Waals surface area contributed by atoms with E-state index in [1.54, 1.807) is 44.2 Å². The molecular weight excluding hydrogens is 336 g/mol. The largest absolute Gasteiger partial charge is 0.497 e. The third kappa shape index (κ3) is 5.69. The number of benzene rings is 2. The van der Waals surface area contributed by atoms with Crippen LogP contribution in [-0.2, 0) is 11.3 Å². The molecule has 5 nitrogen and oxygen atoms in total. The molecule has 0 aliphatic carbocycles. The summed E-state index contributed by atoms with van der Waals surface area (Å²) in [7, 11) is 5.17. The number of methoxy groups -OCH3 is 2. The number of likely N-dealkylation sites (N-methyl/N-ethyl adjacent to an activating group) is 1. The first kappa shape index (κ1) is 19.1. The van der Waals surface area contributed by atoms with Gasteiger partial charge in [0, 0.05) is 16.5 Å². The van der Waals surface area contributed by atoms with E-state index in [-0.39, 0.29) is 5.91 Å². The summed E-state index contributed by atoms with van der Waals surface area (Å²) in [4.78, 5) is 14.7. The highest BCUT2D eigenvalue weighted by Gasteiger charge is 2.14. The van der Waals surface area contributed by atoms with Gasteiger partial charge < -0.3 is 19.7 Å². The molecule has 6 heteroatoms. The zero-order valence-corrected chi connectivity index (χ0v) is 15.9. The van der Waals surface area contributed by atoms with Crippen LogP contribution in [0.1, 0.15) is 5.56 Å². The molecule has 2 N–H and O–H groups in total. The lowest BCUT2D eigenvalue weighted by molar-refractivity contribution is -0.885. The zero-order valence-electron chi connectivity index (χ0n) is 15.1. The van der Waals surface area contributed by atoms with Gasteiger partial charge in [-0.2, -0.15) is 0 Å². The van der Waals surface area contributed by atoms with Gasteiger partial charge in [0.2, 0.25) is 0 Å². The number of carbonyl (C=O) groups excluding carboxylic acids is 1. The average molecular weight is 361 g/mol. The van der Waals surface area contributed by atoms with Gasteiger partial charge in [0.05, 0.1) is 27.0 Å². The highest BCUT2D eigenvalue weighted by atomic mass is 32.2. The van der Waals surface area contributed by atoms with Crippen LogP contribution in [0.15, 0.2) is 47.4 Å². The Bertz CT molecular complexity index is 704. The number of quaternary nitrogens is 1. The van der Waals surface area contributed by atoms with Crippen molar-refractivity contribution in [1.82, 2.24) is 0 Å². The van der Waals surface area contributed by atoms with E-state index in [2.05, 4.69) is 35.8 Å². The fraction of sp³-hybridized carbons (Fsp3) is 0.316. The van der Waals surface area contributed by atoms with Crippen molar-refractivity contribution in [2.45, 2.75) is 11.4 Å². The second-order valence-corrected chi connectivity index (χ2v) is 6.65. The Morgan fingerprint density at radius 1 is 1.12 bits per heavy atom. The molecule has 2 aromatic rings. The Kier molecular flexibility index (Phi) is 7.16. The maximum absolute atomic E-state index is 12.3. The van der Waals surface area contributed by atoms with Gasteiger partial charge in [0.1, 0.15) is 18.0 Å². The molecule has 2 aromatic carbocycles. The number of rotatable bonds is 8. The van der Waals surface area contributed by atoms with Gasteiger partial charge in [0.15, 0.2) is 6.54 Å². The quantitative estimate of drug-likeness (QED) is 0.707. The van der Waals surface area contributed by atoms with Gasteiger partial charge >= 0.3 is 0 Å². The molecule has 0 heterocycles. The number of hydrogen-bond donors (Lipinski definition) is 2. The summed E-state index contributed by atoms with van der Waals surface area (Å²) < 4.78 is 10.5. The molecular formula is C19H25N2O3S+. The number of nitrogens with one attached hydrogen (secondary N) is 2. The third-order valence-corrected chi connectivity index (χ3v) is 4.55. The van der Waals surface area contributed by atoms with E-state index >= 15 is 0 Å². The summed E-state index contributed by atoms with van der Waals surface area (Å²) in [5.74, 6) is 1.22. The van der Waals surface area contributed by atoms with E-state index in [9.17, 15) is 4.79 Å². The summed E-state index contributed by atoms with van der Waals surface area (Å²) in [6.45, 7) is 1.15. The number of thioether (sulfide) groups is 1. The molecule has 0 aliphatic rings. The van der Waals surface area contributed by atoms with Crippen molar-refractivity contribution in [3.63, 3.8) is 0 Å². The van der Waals surface area contributed by atoms with E-state index in [1.165, 1.54) is 10.5 Å². The molecule has 25 heavy (non-hydrogen) atoms. The maximum atomic E-state index is 12.3. The molecule has 0 aliphatic heterocycles. The number of amides is 1. The van der Waals surface area contributed by atoms with Gasteiger partial charge in [-0.3, -0.25) is 4.79 Å². The van der Waals surface area contributed by atoms with Crippen molar-refractivity contribution in [2.24, 2.45) is 0 Å². The van der Waals surface area contributed by atoms with Crippen molar-refractivity contribution in [1.29, 1.82) is 0 Å². The first-order valence-electron chi connectivity index (χ1n) is 8.01. The molecule has 0 saturated carbocycles. The van der Waals surface area contributed by atoms with Crippen LogP contribution in [0.3, 0.4) is 0 Å². The van der Waals surface area contributed by atoms with E-state index in [0.29, 0.717) is 23.7 Å². The molecule has 1 unspecified atom stereocenters. The molecule has 0 aromatic heterocycles. The van der Waals surface area contributed by atoms with Crippen LogP contribution in [-0.4, -0.2) is 40.0 Å². The maximum Gasteiger partial charge on any atom is 0.279 e. The summed E-state index contributed by atoms with van der Waals surface area (Å²) in [6.07, 6.45) is 2.06. The molecule has 134 valence electrons. The molecule has 0 radical (unpaired) electrons. The smallest absolute Gasteiger partial charge is 0.279 e. The standard InChI is InChI=1S/C19H24N2O3S/c1-21(12-14-5-8-16(25-4)9-6-14)13-19(22)20-17-11-15(23-2)7-10-18(17)24-3/h5-11H,12-13H2,1-4H3,(H,20,22)/p+1. The minimum absolute atomic E-state index is 0.0650. The summed E-state index contributed by atoms with van der Waals surface area (Å²) >= 11 is 1.72. The van der Waals surface area contributed by atoms with Crippen molar-refractivity contribution >= 4 is 23.4 Å². The molecule has 1 amide bonds. The Balaban J connectivity index is 1.94. The van der Waals surface area contributed by atoms with Crippen LogP contribution in [0.5, 0.6) is 11.5 Å². The molecule has 1 atom stereocenters. The van der Waals surface area contributed by atoms with Gasteiger partial charge in [-0.25, -0.2) is 0 Å². The lowest BCUT2D eigenvalue weighted by Crippen LogP contribution is -3.08. The van der Waals surface area contributed by atoms with Gasteiger partial charge in [-0.15, -0.1) is 11.8 Å². The van der Waals surface area contributed by atoms with Gasteiger partial charge in [-0.05, 0) is 30.5 Å². The summed E-state index contributed by atoms with van der Waals surface area (Å²) in [6, 6.07) is 13.8. The topological polar surface area (TPSA) is 52.0 Å². The van der Waals surface area contributed by atoms with E-state index in [0.717, 1.165) is 11.4 Å². The minimum Gasteiger partial charge on any atom is -0.497 e. The molecule has 0 fully saturated rings. The predicted octanol–water partition coefficient (Wildman–Crippen LogP) is 2.08. The van der Waals surface area contributed by atoms with Crippen LogP contribution < -0.4 is 19.7 Å². The molecule has 0 spiro atoms. The van der Waals surface area contributed by atoms with Gasteiger partial charge in [0.25, 0.3) is 5.91 Å². The fourth-order valence-corrected chi connectivity index (χ4v) is 2.94. The summed E-state index contributed by atoms with van der Waals surface area (Å²) in [5, 5.41) is 2.90. The van der Waals surface area contributed by atoms with Crippen LogP contribution in [0, 0.1) is 0 Å². The van der Waals surface area contributed by atoms with Crippen molar-refractivity contribution in [2.75, 3.05) is 39.4 Å². The highest BCUT2D eigenvalue weighted by Crippen LogP contribution is 2.28. The lowest BCUT2D eigenvalue weighted by atomic mass is 10.2. The average Bonchev–Trinajstić information content (AvgIpc) is 2.62. The van der Waals surface area contributed by atoms with Crippen LogP contribution in [0.25, 0.3) is 0 Å². The molecule has 0 bridgehead atoms. The zero-order chi connectivity index (χ0) is 18.2. The highest BCUT2D eigenvalue weighted by molar-refractivity contribution is 7.98. The number of hydrogen-bond acceptors (Lipinski definition) is 4. The minimum atomic E-state index is -0.0650. The first-order valence-corrected chi connectivity index (χ1v) is 9.24. The van der Waals surface area contributed by atoms with E-state index < -0.39 is 0 Å². The Morgan fingerprint density at radius 3 is 2.44 bits per heavy atom. The second-order valence-electron chi connectivity index (χ2n) is 5.77. The lowest BCUT2D eigenvalue weighted by Gasteiger charge is -2.15. The SMILES string of the molecule is COc1ccc(OC)c(NC(=O)C[NH+](C)Cc2ccc(SC)cc2)c1.